The van der Waals surface area contributed by atoms with Gasteiger partial charge in [-0.15, -0.1) is 0 Å². The van der Waals surface area contributed by atoms with Gasteiger partial charge in [-0.3, -0.25) is 0 Å². The van der Waals surface area contributed by atoms with Crippen molar-refractivity contribution in [2.45, 2.75) is 31.5 Å². The molecule has 2 saturated heterocycles. The Kier molecular flexibility index (Phi) is 3.38. The van der Waals surface area contributed by atoms with Gasteiger partial charge in [-0.05, 0) is 12.8 Å². The van der Waals surface area contributed by atoms with Gasteiger partial charge in [0.1, 0.15) is 0 Å². The van der Waals surface area contributed by atoms with Crippen LogP contribution in [0.5, 0.6) is 0 Å². The molecule has 0 N–H and O–H groups in total. The Labute approximate surface area is 89.2 Å². The lowest BCUT2D eigenvalue weighted by Gasteiger charge is -2.05. The number of esters is 1. The normalized spacial score (nSPS) is 27.2. The molecule has 15 heavy (non-hydrogen) atoms. The van der Waals surface area contributed by atoms with Crippen LogP contribution in [0, 0.1) is 0 Å². The summed E-state index contributed by atoms with van der Waals surface area (Å²) < 4.78 is 15.1. The summed E-state index contributed by atoms with van der Waals surface area (Å²) in [5.74, 6) is -0.290. The van der Waals surface area contributed by atoms with Crippen molar-refractivity contribution in [2.24, 2.45) is 0 Å². The van der Waals surface area contributed by atoms with Gasteiger partial charge in [0.15, 0.2) is 0 Å². The maximum atomic E-state index is 11.4. The lowest BCUT2D eigenvalue weighted by atomic mass is 10.2. The number of hydrogen-bond acceptors (Lipinski definition) is 4. The first kappa shape index (κ1) is 10.6. The number of carbonyl (C=O) groups is 1. The quantitative estimate of drug-likeness (QED) is 0.274. The molecule has 2 aliphatic rings. The smallest absolute Gasteiger partial charge is 0.333 e. The van der Waals surface area contributed by atoms with Gasteiger partial charge in [-0.25, -0.2) is 4.79 Å². The molecule has 2 atom stereocenters. The van der Waals surface area contributed by atoms with Gasteiger partial charge in [0.25, 0.3) is 0 Å². The molecule has 2 fully saturated rings. The van der Waals surface area contributed by atoms with E-state index in [9.17, 15) is 4.79 Å². The third kappa shape index (κ3) is 4.01. The molecule has 0 aromatic heterocycles. The van der Waals surface area contributed by atoms with E-state index in [1.54, 1.807) is 0 Å². The molecule has 0 saturated carbocycles. The molecule has 0 aromatic rings. The fraction of sp³-hybridized carbons (Fsp3) is 0.727. The molecule has 2 heterocycles. The van der Waals surface area contributed by atoms with Crippen molar-refractivity contribution < 1.29 is 19.0 Å². The van der Waals surface area contributed by atoms with Crippen LogP contribution in [0.2, 0.25) is 0 Å². The van der Waals surface area contributed by atoms with Gasteiger partial charge in [0.2, 0.25) is 0 Å². The predicted molar refractivity (Wildman–Crippen MR) is 53.4 cm³/mol. The van der Waals surface area contributed by atoms with Crippen molar-refractivity contribution in [2.75, 3.05) is 19.8 Å². The van der Waals surface area contributed by atoms with Crippen LogP contribution >= 0.6 is 0 Å². The fourth-order valence-corrected chi connectivity index (χ4v) is 1.36. The molecule has 0 radical (unpaired) electrons. The summed E-state index contributed by atoms with van der Waals surface area (Å²) in [5, 5.41) is 0. The zero-order valence-corrected chi connectivity index (χ0v) is 8.74. The number of epoxide rings is 2. The average Bonchev–Trinajstić information content (AvgIpc) is 3.05. The van der Waals surface area contributed by atoms with Crippen LogP contribution in [0.4, 0.5) is 0 Å². The minimum absolute atomic E-state index is 0.199. The van der Waals surface area contributed by atoms with Crippen molar-refractivity contribution in [1.29, 1.82) is 0 Å². The average molecular weight is 212 g/mol. The van der Waals surface area contributed by atoms with Crippen molar-refractivity contribution in [3.8, 4) is 0 Å². The largest absolute Gasteiger partial charge is 0.462 e. The van der Waals surface area contributed by atoms with E-state index in [1.165, 1.54) is 0 Å². The second-order valence-electron chi connectivity index (χ2n) is 4.00. The second kappa shape index (κ2) is 4.77. The Balaban J connectivity index is 1.51. The first-order valence-corrected chi connectivity index (χ1v) is 5.34. The Bertz CT molecular complexity index is 253. The predicted octanol–water partition coefficient (Wildman–Crippen LogP) is 1.05. The maximum absolute atomic E-state index is 11.4. The fourth-order valence-electron chi connectivity index (χ4n) is 1.36. The molecule has 0 aliphatic carbocycles. The molecule has 2 aliphatic heterocycles. The summed E-state index contributed by atoms with van der Waals surface area (Å²) in [6.07, 6.45) is 3.05. The second-order valence-corrected chi connectivity index (χ2v) is 4.00. The van der Waals surface area contributed by atoms with E-state index in [0.717, 1.165) is 26.1 Å². The van der Waals surface area contributed by atoms with Crippen molar-refractivity contribution in [1.82, 2.24) is 0 Å². The van der Waals surface area contributed by atoms with Crippen LogP contribution in [0.25, 0.3) is 0 Å². The SMILES string of the molecule is C=C(CC1CO1)C(=O)OCCCC1CO1. The Hall–Kier alpha value is -0.870. The highest BCUT2D eigenvalue weighted by Crippen LogP contribution is 2.19. The zero-order valence-electron chi connectivity index (χ0n) is 8.74. The third-order valence-electron chi connectivity index (χ3n) is 2.47. The lowest BCUT2D eigenvalue weighted by molar-refractivity contribution is -0.139. The molecular formula is C11H16O4. The number of hydrogen-bond donors (Lipinski definition) is 0. The van der Waals surface area contributed by atoms with E-state index in [4.69, 9.17) is 14.2 Å². The molecule has 4 heteroatoms. The van der Waals surface area contributed by atoms with Crippen LogP contribution in [0.1, 0.15) is 19.3 Å². The van der Waals surface area contributed by atoms with Crippen LogP contribution in [-0.4, -0.2) is 38.0 Å². The van der Waals surface area contributed by atoms with E-state index in [2.05, 4.69) is 6.58 Å². The van der Waals surface area contributed by atoms with Crippen molar-refractivity contribution >= 4 is 5.97 Å². The maximum Gasteiger partial charge on any atom is 0.333 e. The standard InChI is InChI=1S/C11H16O4/c1-8(5-10-7-15-10)11(12)13-4-2-3-9-6-14-9/h9-10H,1-7H2. The zero-order chi connectivity index (χ0) is 10.7. The van der Waals surface area contributed by atoms with Gasteiger partial charge in [-0.1, -0.05) is 6.58 Å². The highest BCUT2D eigenvalue weighted by Gasteiger charge is 2.26. The number of ether oxygens (including phenoxy) is 3. The number of carbonyl (C=O) groups excluding carboxylic acids is 1. The summed E-state index contributed by atoms with van der Waals surface area (Å²) in [7, 11) is 0. The molecule has 4 nitrogen and oxygen atoms in total. The minimum atomic E-state index is -0.290. The van der Waals surface area contributed by atoms with Gasteiger partial charge >= 0.3 is 5.97 Å². The van der Waals surface area contributed by atoms with Crippen LogP contribution in [0.15, 0.2) is 12.2 Å². The van der Waals surface area contributed by atoms with Gasteiger partial charge < -0.3 is 14.2 Å². The van der Waals surface area contributed by atoms with Crippen LogP contribution in [0.3, 0.4) is 0 Å². The van der Waals surface area contributed by atoms with Crippen molar-refractivity contribution in [3.63, 3.8) is 0 Å². The van der Waals surface area contributed by atoms with E-state index in [-0.39, 0.29) is 12.1 Å². The molecule has 84 valence electrons. The highest BCUT2D eigenvalue weighted by atomic mass is 16.6. The Morgan fingerprint density at radius 1 is 1.33 bits per heavy atom. The summed E-state index contributed by atoms with van der Waals surface area (Å²) >= 11 is 0. The summed E-state index contributed by atoms with van der Waals surface area (Å²) in [5.41, 5.74) is 0.514. The van der Waals surface area contributed by atoms with E-state index >= 15 is 0 Å². The Morgan fingerprint density at radius 3 is 2.60 bits per heavy atom. The van der Waals surface area contributed by atoms with E-state index in [0.29, 0.717) is 24.7 Å². The summed E-state index contributed by atoms with van der Waals surface area (Å²) in [6.45, 7) is 5.75. The molecule has 0 aromatic carbocycles. The lowest BCUT2D eigenvalue weighted by Crippen LogP contribution is -2.10. The van der Waals surface area contributed by atoms with E-state index in [1.807, 2.05) is 0 Å². The van der Waals surface area contributed by atoms with Gasteiger partial charge in [0.05, 0.1) is 32.0 Å². The minimum Gasteiger partial charge on any atom is -0.462 e. The summed E-state index contributed by atoms with van der Waals surface area (Å²) in [4.78, 5) is 11.4. The summed E-state index contributed by atoms with van der Waals surface area (Å²) in [6, 6.07) is 0. The monoisotopic (exact) mass is 212 g/mol. The molecule has 2 unspecified atom stereocenters. The van der Waals surface area contributed by atoms with E-state index < -0.39 is 0 Å². The van der Waals surface area contributed by atoms with Gasteiger partial charge in [0, 0.05) is 12.0 Å². The highest BCUT2D eigenvalue weighted by molar-refractivity contribution is 5.87. The van der Waals surface area contributed by atoms with Crippen LogP contribution in [-0.2, 0) is 19.0 Å². The molecule has 0 bridgehead atoms. The van der Waals surface area contributed by atoms with Gasteiger partial charge in [-0.2, -0.15) is 0 Å². The molecule has 2 rings (SSSR count). The van der Waals surface area contributed by atoms with Crippen LogP contribution < -0.4 is 0 Å². The first-order valence-electron chi connectivity index (χ1n) is 5.34. The third-order valence-corrected chi connectivity index (χ3v) is 2.47. The van der Waals surface area contributed by atoms with Crippen molar-refractivity contribution in [3.05, 3.63) is 12.2 Å². The Morgan fingerprint density at radius 2 is 2.00 bits per heavy atom. The molecular weight excluding hydrogens is 196 g/mol. The molecule has 0 amide bonds. The first-order chi connectivity index (χ1) is 7.25. The molecule has 0 spiro atoms. The topological polar surface area (TPSA) is 51.4 Å². The number of rotatable bonds is 7.